The number of amides is 1. The standard InChI is InChI=1S/C18H18BrNO4/c1-12(13-6-7-16-17(10-13)23-9-8-22-16)20-18(21)11-24-15-5-3-2-4-14(15)19/h2-7,10,12H,8-9,11H2,1H3,(H,20,21)/t12-/m0/s1. The molecule has 0 aromatic heterocycles. The van der Waals surface area contributed by atoms with Gasteiger partial charge in [-0.2, -0.15) is 0 Å². The number of carbonyl (C=O) groups excluding carboxylic acids is 1. The van der Waals surface area contributed by atoms with Gasteiger partial charge in [0.2, 0.25) is 0 Å². The van der Waals surface area contributed by atoms with Gasteiger partial charge in [0.25, 0.3) is 5.91 Å². The van der Waals surface area contributed by atoms with Crippen LogP contribution in [0, 0.1) is 0 Å². The monoisotopic (exact) mass is 391 g/mol. The number of ether oxygens (including phenoxy) is 3. The van der Waals surface area contributed by atoms with Gasteiger partial charge in [0.05, 0.1) is 10.5 Å². The first-order valence-corrected chi connectivity index (χ1v) is 8.49. The second kappa shape index (κ2) is 7.57. The Hall–Kier alpha value is -2.21. The van der Waals surface area contributed by atoms with E-state index in [4.69, 9.17) is 14.2 Å². The molecule has 126 valence electrons. The highest BCUT2D eigenvalue weighted by molar-refractivity contribution is 9.10. The molecule has 1 aliphatic rings. The molecule has 1 heterocycles. The highest BCUT2D eigenvalue weighted by Crippen LogP contribution is 2.32. The third kappa shape index (κ3) is 4.00. The molecule has 1 atom stereocenters. The molecular formula is C18H18BrNO4. The quantitative estimate of drug-likeness (QED) is 0.847. The predicted octanol–water partition coefficient (Wildman–Crippen LogP) is 3.48. The zero-order valence-electron chi connectivity index (χ0n) is 13.3. The lowest BCUT2D eigenvalue weighted by Gasteiger charge is -2.21. The van der Waals surface area contributed by atoms with E-state index in [-0.39, 0.29) is 18.6 Å². The van der Waals surface area contributed by atoms with Gasteiger partial charge >= 0.3 is 0 Å². The first kappa shape index (κ1) is 16.6. The number of halogens is 1. The van der Waals surface area contributed by atoms with E-state index in [0.717, 1.165) is 15.8 Å². The first-order valence-electron chi connectivity index (χ1n) is 7.70. The summed E-state index contributed by atoms with van der Waals surface area (Å²) in [5.74, 6) is 1.90. The van der Waals surface area contributed by atoms with Crippen molar-refractivity contribution in [3.05, 3.63) is 52.5 Å². The molecule has 1 N–H and O–H groups in total. The molecule has 0 radical (unpaired) electrons. The molecule has 0 unspecified atom stereocenters. The maximum absolute atomic E-state index is 12.1. The maximum Gasteiger partial charge on any atom is 0.258 e. The highest BCUT2D eigenvalue weighted by atomic mass is 79.9. The molecule has 3 rings (SSSR count). The van der Waals surface area contributed by atoms with Crippen molar-refractivity contribution in [1.82, 2.24) is 5.32 Å². The Morgan fingerprint density at radius 2 is 1.96 bits per heavy atom. The van der Waals surface area contributed by atoms with Crippen LogP contribution in [0.5, 0.6) is 17.2 Å². The maximum atomic E-state index is 12.1. The number of benzene rings is 2. The van der Waals surface area contributed by atoms with E-state index in [1.54, 1.807) is 0 Å². The largest absolute Gasteiger partial charge is 0.486 e. The summed E-state index contributed by atoms with van der Waals surface area (Å²) in [7, 11) is 0. The molecule has 0 saturated heterocycles. The van der Waals surface area contributed by atoms with Crippen LogP contribution < -0.4 is 19.5 Å². The van der Waals surface area contributed by atoms with Crippen LogP contribution in [0.15, 0.2) is 46.9 Å². The molecule has 24 heavy (non-hydrogen) atoms. The summed E-state index contributed by atoms with van der Waals surface area (Å²) < 4.78 is 17.4. The summed E-state index contributed by atoms with van der Waals surface area (Å²) in [5.41, 5.74) is 0.952. The minimum atomic E-state index is -0.187. The second-order valence-electron chi connectivity index (χ2n) is 5.41. The molecule has 0 saturated carbocycles. The molecular weight excluding hydrogens is 374 g/mol. The number of carbonyl (C=O) groups is 1. The van der Waals surface area contributed by atoms with Gasteiger partial charge in [0, 0.05) is 0 Å². The van der Waals surface area contributed by atoms with Gasteiger partial charge in [-0.1, -0.05) is 18.2 Å². The van der Waals surface area contributed by atoms with Crippen molar-refractivity contribution in [3.8, 4) is 17.2 Å². The predicted molar refractivity (Wildman–Crippen MR) is 93.6 cm³/mol. The molecule has 2 aromatic rings. The minimum Gasteiger partial charge on any atom is -0.486 e. The van der Waals surface area contributed by atoms with E-state index >= 15 is 0 Å². The van der Waals surface area contributed by atoms with Crippen LogP contribution in [-0.4, -0.2) is 25.7 Å². The molecule has 1 aliphatic heterocycles. The summed E-state index contributed by atoms with van der Waals surface area (Å²) in [6.45, 7) is 2.97. The minimum absolute atomic E-state index is 0.0441. The molecule has 0 bridgehead atoms. The average molecular weight is 392 g/mol. The van der Waals surface area contributed by atoms with E-state index < -0.39 is 0 Å². The Kier molecular flexibility index (Phi) is 5.25. The Morgan fingerprint density at radius 3 is 2.75 bits per heavy atom. The highest BCUT2D eigenvalue weighted by Gasteiger charge is 2.16. The van der Waals surface area contributed by atoms with Crippen molar-refractivity contribution < 1.29 is 19.0 Å². The second-order valence-corrected chi connectivity index (χ2v) is 6.27. The van der Waals surface area contributed by atoms with Crippen LogP contribution in [0.1, 0.15) is 18.5 Å². The van der Waals surface area contributed by atoms with E-state index in [1.165, 1.54) is 0 Å². The molecule has 0 fully saturated rings. The summed E-state index contributed by atoms with van der Waals surface area (Å²) in [5, 5.41) is 2.92. The summed E-state index contributed by atoms with van der Waals surface area (Å²) in [4.78, 5) is 12.1. The van der Waals surface area contributed by atoms with Crippen LogP contribution in [-0.2, 0) is 4.79 Å². The van der Waals surface area contributed by atoms with E-state index in [9.17, 15) is 4.79 Å². The third-order valence-electron chi connectivity index (χ3n) is 3.64. The summed E-state index contributed by atoms with van der Waals surface area (Å²) in [6, 6.07) is 12.9. The van der Waals surface area contributed by atoms with Gasteiger partial charge in [-0.15, -0.1) is 0 Å². The van der Waals surface area contributed by atoms with Gasteiger partial charge in [-0.25, -0.2) is 0 Å². The summed E-state index contributed by atoms with van der Waals surface area (Å²) >= 11 is 3.39. The SMILES string of the molecule is C[C@H](NC(=O)COc1ccccc1Br)c1ccc2c(c1)OCCO2. The fourth-order valence-electron chi connectivity index (χ4n) is 2.40. The fraction of sp³-hybridized carbons (Fsp3) is 0.278. The first-order chi connectivity index (χ1) is 11.6. The Labute approximate surface area is 149 Å². The Balaban J connectivity index is 1.57. The van der Waals surface area contributed by atoms with Crippen molar-refractivity contribution in [2.24, 2.45) is 0 Å². The van der Waals surface area contributed by atoms with Crippen LogP contribution >= 0.6 is 15.9 Å². The average Bonchev–Trinajstić information content (AvgIpc) is 2.60. The van der Waals surface area contributed by atoms with Gasteiger partial charge in [0.15, 0.2) is 18.1 Å². The van der Waals surface area contributed by atoms with Gasteiger partial charge in [-0.3, -0.25) is 4.79 Å². The van der Waals surface area contributed by atoms with Crippen molar-refractivity contribution in [2.45, 2.75) is 13.0 Å². The van der Waals surface area contributed by atoms with E-state index in [1.807, 2.05) is 49.4 Å². The van der Waals surface area contributed by atoms with Gasteiger partial charge in [-0.05, 0) is 52.7 Å². The topological polar surface area (TPSA) is 56.8 Å². The number of nitrogens with one attached hydrogen (secondary N) is 1. The zero-order valence-corrected chi connectivity index (χ0v) is 14.8. The van der Waals surface area contributed by atoms with Crippen molar-refractivity contribution in [2.75, 3.05) is 19.8 Å². The summed E-state index contributed by atoms with van der Waals surface area (Å²) in [6.07, 6.45) is 0. The Bertz CT molecular complexity index is 735. The number of rotatable bonds is 5. The number of para-hydroxylation sites is 1. The van der Waals surface area contributed by atoms with Crippen LogP contribution in [0.4, 0.5) is 0 Å². The van der Waals surface area contributed by atoms with Crippen molar-refractivity contribution in [1.29, 1.82) is 0 Å². The molecule has 0 spiro atoms. The normalized spacial score (nSPS) is 13.9. The number of hydrogen-bond donors (Lipinski definition) is 1. The van der Waals surface area contributed by atoms with E-state index in [2.05, 4.69) is 21.2 Å². The number of fused-ring (bicyclic) bond motifs is 1. The molecule has 0 aliphatic carbocycles. The van der Waals surface area contributed by atoms with Crippen molar-refractivity contribution in [3.63, 3.8) is 0 Å². The molecule has 1 amide bonds. The lowest BCUT2D eigenvalue weighted by atomic mass is 10.1. The van der Waals surface area contributed by atoms with Gasteiger partial charge in [0.1, 0.15) is 19.0 Å². The molecule has 2 aromatic carbocycles. The molecule has 6 heteroatoms. The Morgan fingerprint density at radius 1 is 1.21 bits per heavy atom. The van der Waals surface area contributed by atoms with E-state index in [0.29, 0.717) is 24.7 Å². The van der Waals surface area contributed by atoms with Gasteiger partial charge < -0.3 is 19.5 Å². The fourth-order valence-corrected chi connectivity index (χ4v) is 2.80. The van der Waals surface area contributed by atoms with Crippen LogP contribution in [0.2, 0.25) is 0 Å². The smallest absolute Gasteiger partial charge is 0.258 e. The lowest BCUT2D eigenvalue weighted by molar-refractivity contribution is -0.123. The van der Waals surface area contributed by atoms with Crippen molar-refractivity contribution >= 4 is 21.8 Å². The number of hydrogen-bond acceptors (Lipinski definition) is 4. The lowest BCUT2D eigenvalue weighted by Crippen LogP contribution is -2.31. The third-order valence-corrected chi connectivity index (χ3v) is 4.29. The van der Waals surface area contributed by atoms with Crippen LogP contribution in [0.25, 0.3) is 0 Å². The van der Waals surface area contributed by atoms with Crippen LogP contribution in [0.3, 0.4) is 0 Å². The zero-order chi connectivity index (χ0) is 16.9. The molecule has 5 nitrogen and oxygen atoms in total.